The fraction of sp³-hybridized carbons (Fsp3) is 0.643. The first-order chi connectivity index (χ1) is 8.02. The van der Waals surface area contributed by atoms with Crippen LogP contribution in [0.2, 0.25) is 0 Å². The highest BCUT2D eigenvalue weighted by Gasteiger charge is 2.29. The van der Waals surface area contributed by atoms with Gasteiger partial charge in [0.1, 0.15) is 5.82 Å². The molecule has 94 valence electrons. The summed E-state index contributed by atoms with van der Waals surface area (Å²) in [6.45, 7) is 7.45. The Hall–Kier alpha value is -1.09. The molecular formula is C14H22N2O. The molecule has 1 aliphatic carbocycles. The van der Waals surface area contributed by atoms with Crippen LogP contribution in [0.25, 0.3) is 0 Å². The highest BCUT2D eigenvalue weighted by atomic mass is 16.3. The Labute approximate surface area is 103 Å². The second-order valence-electron chi connectivity index (χ2n) is 5.80. The van der Waals surface area contributed by atoms with Gasteiger partial charge in [0.15, 0.2) is 0 Å². The number of rotatable bonds is 4. The summed E-state index contributed by atoms with van der Waals surface area (Å²) in [4.78, 5) is 6.75. The van der Waals surface area contributed by atoms with E-state index in [0.29, 0.717) is 12.6 Å². The van der Waals surface area contributed by atoms with Crippen molar-refractivity contribution < 1.29 is 5.11 Å². The lowest BCUT2D eigenvalue weighted by Gasteiger charge is -2.24. The third-order valence-electron chi connectivity index (χ3n) is 3.24. The second kappa shape index (κ2) is 4.65. The molecule has 1 aromatic rings. The second-order valence-corrected chi connectivity index (χ2v) is 5.80. The molecule has 17 heavy (non-hydrogen) atoms. The van der Waals surface area contributed by atoms with Gasteiger partial charge in [0.05, 0.1) is 6.61 Å². The average molecular weight is 234 g/mol. The van der Waals surface area contributed by atoms with Crippen LogP contribution < -0.4 is 4.90 Å². The lowest BCUT2D eigenvalue weighted by Crippen LogP contribution is -2.29. The summed E-state index contributed by atoms with van der Waals surface area (Å²) in [6, 6.07) is 4.82. The quantitative estimate of drug-likeness (QED) is 0.868. The van der Waals surface area contributed by atoms with E-state index < -0.39 is 0 Å². The van der Waals surface area contributed by atoms with Gasteiger partial charge in [-0.3, -0.25) is 0 Å². The van der Waals surface area contributed by atoms with E-state index in [-0.39, 0.29) is 12.0 Å². The molecule has 1 aliphatic rings. The summed E-state index contributed by atoms with van der Waals surface area (Å²) in [7, 11) is 0. The predicted molar refractivity (Wildman–Crippen MR) is 70.4 cm³/mol. The van der Waals surface area contributed by atoms with Crippen molar-refractivity contribution in [2.75, 3.05) is 18.1 Å². The van der Waals surface area contributed by atoms with E-state index in [0.717, 1.165) is 5.82 Å². The minimum atomic E-state index is 0.146. The van der Waals surface area contributed by atoms with Crippen LogP contribution in [0, 0.1) is 0 Å². The lowest BCUT2D eigenvalue weighted by atomic mass is 9.88. The SMILES string of the molecule is CC(C)(C)c1ccc(N(CCO)C2CC2)nc1. The molecule has 1 fully saturated rings. The predicted octanol–water partition coefficient (Wildman–Crippen LogP) is 2.34. The summed E-state index contributed by atoms with van der Waals surface area (Å²) in [5, 5.41) is 9.09. The van der Waals surface area contributed by atoms with Crippen LogP contribution in [0.1, 0.15) is 39.2 Å². The van der Waals surface area contributed by atoms with Crippen molar-refractivity contribution in [2.24, 2.45) is 0 Å². The van der Waals surface area contributed by atoms with Gasteiger partial charge in [0.25, 0.3) is 0 Å². The van der Waals surface area contributed by atoms with Gasteiger partial charge in [-0.25, -0.2) is 4.98 Å². The number of anilines is 1. The molecule has 0 spiro atoms. The molecule has 3 heteroatoms. The zero-order chi connectivity index (χ0) is 12.5. The number of aliphatic hydroxyl groups excluding tert-OH is 1. The van der Waals surface area contributed by atoms with Gasteiger partial charge in [0.2, 0.25) is 0 Å². The number of aliphatic hydroxyl groups is 1. The van der Waals surface area contributed by atoms with Crippen molar-refractivity contribution in [3.8, 4) is 0 Å². The summed E-state index contributed by atoms with van der Waals surface area (Å²) in [5.74, 6) is 0.995. The van der Waals surface area contributed by atoms with Gasteiger partial charge in [-0.2, -0.15) is 0 Å². The molecule has 0 unspecified atom stereocenters. The van der Waals surface area contributed by atoms with E-state index in [1.807, 2.05) is 6.20 Å². The average Bonchev–Trinajstić information content (AvgIpc) is 3.09. The van der Waals surface area contributed by atoms with Crippen molar-refractivity contribution in [1.82, 2.24) is 4.98 Å². The minimum Gasteiger partial charge on any atom is -0.395 e. The fourth-order valence-electron chi connectivity index (χ4n) is 1.98. The zero-order valence-corrected chi connectivity index (χ0v) is 11.0. The van der Waals surface area contributed by atoms with Crippen LogP contribution in [-0.4, -0.2) is 29.3 Å². The molecule has 0 bridgehead atoms. The Morgan fingerprint density at radius 3 is 2.47 bits per heavy atom. The molecule has 0 aromatic carbocycles. The van der Waals surface area contributed by atoms with E-state index in [2.05, 4.69) is 42.8 Å². The summed E-state index contributed by atoms with van der Waals surface area (Å²) in [5.41, 5.74) is 1.40. The fourth-order valence-corrected chi connectivity index (χ4v) is 1.98. The molecule has 2 rings (SSSR count). The van der Waals surface area contributed by atoms with Crippen molar-refractivity contribution in [3.63, 3.8) is 0 Å². The molecule has 1 aromatic heterocycles. The molecule has 0 radical (unpaired) electrons. The van der Waals surface area contributed by atoms with Crippen molar-refractivity contribution in [3.05, 3.63) is 23.9 Å². The van der Waals surface area contributed by atoms with Crippen LogP contribution >= 0.6 is 0 Å². The molecule has 0 saturated heterocycles. The first-order valence-electron chi connectivity index (χ1n) is 6.36. The third-order valence-corrected chi connectivity index (χ3v) is 3.24. The Morgan fingerprint density at radius 2 is 2.06 bits per heavy atom. The molecule has 0 aliphatic heterocycles. The summed E-state index contributed by atoms with van der Waals surface area (Å²) >= 11 is 0. The molecule has 1 N–H and O–H groups in total. The van der Waals surface area contributed by atoms with E-state index in [9.17, 15) is 0 Å². The van der Waals surface area contributed by atoms with E-state index >= 15 is 0 Å². The standard InChI is InChI=1S/C14H22N2O/c1-14(2,3)11-4-7-13(15-10-11)16(8-9-17)12-5-6-12/h4,7,10,12,17H,5-6,8-9H2,1-3H3. The Morgan fingerprint density at radius 1 is 1.35 bits per heavy atom. The van der Waals surface area contributed by atoms with Crippen LogP contribution in [-0.2, 0) is 5.41 Å². The highest BCUT2D eigenvalue weighted by molar-refractivity contribution is 5.43. The maximum Gasteiger partial charge on any atom is 0.128 e. The first-order valence-corrected chi connectivity index (χ1v) is 6.36. The lowest BCUT2D eigenvalue weighted by molar-refractivity contribution is 0.301. The molecule has 0 amide bonds. The first kappa shape index (κ1) is 12.4. The smallest absolute Gasteiger partial charge is 0.128 e. The van der Waals surface area contributed by atoms with Crippen LogP contribution in [0.4, 0.5) is 5.82 Å². The van der Waals surface area contributed by atoms with Gasteiger partial charge in [0, 0.05) is 18.8 Å². The number of hydrogen-bond acceptors (Lipinski definition) is 3. The van der Waals surface area contributed by atoms with Gasteiger partial charge >= 0.3 is 0 Å². The van der Waals surface area contributed by atoms with Gasteiger partial charge in [-0.1, -0.05) is 26.8 Å². The maximum absolute atomic E-state index is 9.09. The van der Waals surface area contributed by atoms with Gasteiger partial charge < -0.3 is 10.0 Å². The number of pyridine rings is 1. The van der Waals surface area contributed by atoms with Crippen molar-refractivity contribution >= 4 is 5.82 Å². The Bertz CT molecular complexity index is 363. The zero-order valence-electron chi connectivity index (χ0n) is 11.0. The summed E-state index contributed by atoms with van der Waals surface area (Å²) < 4.78 is 0. The van der Waals surface area contributed by atoms with E-state index in [4.69, 9.17) is 5.11 Å². The van der Waals surface area contributed by atoms with Gasteiger partial charge in [-0.05, 0) is 29.9 Å². The Balaban J connectivity index is 2.15. The minimum absolute atomic E-state index is 0.146. The van der Waals surface area contributed by atoms with Crippen molar-refractivity contribution in [1.29, 1.82) is 0 Å². The topological polar surface area (TPSA) is 36.4 Å². The van der Waals surface area contributed by atoms with Crippen LogP contribution in [0.15, 0.2) is 18.3 Å². The third kappa shape index (κ3) is 2.97. The molecule has 0 atom stereocenters. The highest BCUT2D eigenvalue weighted by Crippen LogP contribution is 2.31. The molecule has 3 nitrogen and oxygen atoms in total. The Kier molecular flexibility index (Phi) is 3.38. The molecule has 1 heterocycles. The maximum atomic E-state index is 9.09. The van der Waals surface area contributed by atoms with Crippen LogP contribution in [0.3, 0.4) is 0 Å². The monoisotopic (exact) mass is 234 g/mol. The normalized spacial score (nSPS) is 16.0. The van der Waals surface area contributed by atoms with E-state index in [1.54, 1.807) is 0 Å². The largest absolute Gasteiger partial charge is 0.395 e. The van der Waals surface area contributed by atoms with Crippen molar-refractivity contribution in [2.45, 2.75) is 45.1 Å². The number of aromatic nitrogens is 1. The summed E-state index contributed by atoms with van der Waals surface area (Å²) in [6.07, 6.45) is 4.41. The number of hydrogen-bond donors (Lipinski definition) is 1. The van der Waals surface area contributed by atoms with Gasteiger partial charge in [-0.15, -0.1) is 0 Å². The molecule has 1 saturated carbocycles. The molecular weight excluding hydrogens is 212 g/mol. The van der Waals surface area contributed by atoms with E-state index in [1.165, 1.54) is 18.4 Å². The number of nitrogens with zero attached hydrogens (tertiary/aromatic N) is 2. The van der Waals surface area contributed by atoms with Crippen LogP contribution in [0.5, 0.6) is 0 Å².